The average molecular weight is 385 g/mol. The molecule has 152 valence electrons. The molecule has 3 rings (SSSR count). The monoisotopic (exact) mass is 384 g/mol. The Morgan fingerprint density at radius 2 is 2.00 bits per heavy atom. The molecule has 1 amide bonds. The van der Waals surface area contributed by atoms with E-state index in [-0.39, 0.29) is 30.5 Å². The molecule has 0 radical (unpaired) electrons. The molecule has 1 aliphatic carbocycles. The summed E-state index contributed by atoms with van der Waals surface area (Å²) in [5.74, 6) is 1.09. The first-order valence-electron chi connectivity index (χ1n) is 10.0. The summed E-state index contributed by atoms with van der Waals surface area (Å²) in [6, 6.07) is 12.1. The molecule has 1 aromatic carbocycles. The third kappa shape index (κ3) is 5.20. The Hall–Kier alpha value is -2.18. The van der Waals surface area contributed by atoms with E-state index in [1.807, 2.05) is 31.3 Å². The van der Waals surface area contributed by atoms with Gasteiger partial charge in [0.2, 0.25) is 5.91 Å². The first-order chi connectivity index (χ1) is 13.3. The smallest absolute Gasteiger partial charge is 0.239 e. The minimum Gasteiger partial charge on any atom is -0.395 e. The van der Waals surface area contributed by atoms with Crippen molar-refractivity contribution in [1.82, 2.24) is 14.7 Å². The largest absolute Gasteiger partial charge is 0.395 e. The van der Waals surface area contributed by atoms with E-state index in [1.165, 1.54) is 0 Å². The van der Waals surface area contributed by atoms with Crippen molar-refractivity contribution < 1.29 is 9.90 Å². The summed E-state index contributed by atoms with van der Waals surface area (Å²) in [6.45, 7) is 7.27. The van der Waals surface area contributed by atoms with E-state index in [0.29, 0.717) is 18.3 Å². The lowest BCUT2D eigenvalue weighted by Gasteiger charge is -2.30. The van der Waals surface area contributed by atoms with Gasteiger partial charge in [-0.2, -0.15) is 5.10 Å². The van der Waals surface area contributed by atoms with Crippen LogP contribution in [0.2, 0.25) is 0 Å². The first kappa shape index (κ1) is 20.6. The van der Waals surface area contributed by atoms with Crippen molar-refractivity contribution in [3.63, 3.8) is 0 Å². The van der Waals surface area contributed by atoms with Gasteiger partial charge >= 0.3 is 0 Å². The zero-order valence-electron chi connectivity index (χ0n) is 17.4. The van der Waals surface area contributed by atoms with Crippen LogP contribution in [0.3, 0.4) is 0 Å². The van der Waals surface area contributed by atoms with Gasteiger partial charge in [0.25, 0.3) is 0 Å². The zero-order chi connectivity index (χ0) is 20.3. The van der Waals surface area contributed by atoms with E-state index in [0.717, 1.165) is 24.1 Å². The predicted molar refractivity (Wildman–Crippen MR) is 111 cm³/mol. The van der Waals surface area contributed by atoms with Crippen LogP contribution in [0.15, 0.2) is 36.4 Å². The Morgan fingerprint density at radius 1 is 1.32 bits per heavy atom. The minimum atomic E-state index is -0.0847. The highest BCUT2D eigenvalue weighted by molar-refractivity contribution is 5.91. The molecule has 0 saturated heterocycles. The van der Waals surface area contributed by atoms with E-state index >= 15 is 0 Å². The van der Waals surface area contributed by atoms with Crippen LogP contribution in [-0.2, 0) is 23.8 Å². The van der Waals surface area contributed by atoms with Gasteiger partial charge in [-0.05, 0) is 24.3 Å². The average Bonchev–Trinajstić information content (AvgIpc) is 3.39. The summed E-state index contributed by atoms with van der Waals surface area (Å²) in [6.07, 6.45) is 2.24. The van der Waals surface area contributed by atoms with Gasteiger partial charge in [-0.1, -0.05) is 51.1 Å². The molecule has 1 aliphatic rings. The normalized spacial score (nSPS) is 15.6. The molecule has 1 atom stereocenters. The Balaban J connectivity index is 1.71. The maximum absolute atomic E-state index is 12.8. The highest BCUT2D eigenvalue weighted by Gasteiger charge is 2.35. The molecule has 2 aromatic rings. The van der Waals surface area contributed by atoms with Crippen LogP contribution >= 0.6 is 0 Å². The maximum atomic E-state index is 12.8. The summed E-state index contributed by atoms with van der Waals surface area (Å²) < 4.78 is 1.71. The minimum absolute atomic E-state index is 0.0163. The van der Waals surface area contributed by atoms with Gasteiger partial charge in [-0.15, -0.1) is 0 Å². The Bertz CT molecular complexity index is 791. The second-order valence-corrected chi connectivity index (χ2v) is 8.81. The van der Waals surface area contributed by atoms with Crippen molar-refractivity contribution in [3.05, 3.63) is 47.7 Å². The number of benzene rings is 1. The molecule has 1 heterocycles. The van der Waals surface area contributed by atoms with E-state index in [4.69, 9.17) is 0 Å². The molecule has 1 saturated carbocycles. The van der Waals surface area contributed by atoms with Crippen LogP contribution in [0.1, 0.15) is 44.9 Å². The second-order valence-electron chi connectivity index (χ2n) is 8.81. The number of nitrogens with one attached hydrogen (secondary N) is 1. The number of aromatic nitrogens is 2. The lowest BCUT2D eigenvalue weighted by atomic mass is 9.92. The van der Waals surface area contributed by atoms with E-state index < -0.39 is 0 Å². The second kappa shape index (κ2) is 8.45. The Kier molecular flexibility index (Phi) is 6.20. The van der Waals surface area contributed by atoms with Crippen LogP contribution in [0.4, 0.5) is 5.82 Å². The molecule has 6 nitrogen and oxygen atoms in total. The summed E-state index contributed by atoms with van der Waals surface area (Å²) in [4.78, 5) is 14.9. The zero-order valence-corrected chi connectivity index (χ0v) is 17.4. The highest BCUT2D eigenvalue weighted by Crippen LogP contribution is 2.35. The Labute approximate surface area is 167 Å². The van der Waals surface area contributed by atoms with Crippen molar-refractivity contribution >= 4 is 11.7 Å². The number of hydrogen-bond acceptors (Lipinski definition) is 4. The van der Waals surface area contributed by atoms with Crippen molar-refractivity contribution in [2.45, 2.75) is 51.6 Å². The molecule has 0 bridgehead atoms. The number of aliphatic hydroxyl groups is 1. The first-order valence-corrected chi connectivity index (χ1v) is 10.0. The molecule has 1 fully saturated rings. The number of amides is 1. The van der Waals surface area contributed by atoms with Gasteiger partial charge in [-0.25, -0.2) is 0 Å². The van der Waals surface area contributed by atoms with Crippen LogP contribution in [0.5, 0.6) is 0 Å². The van der Waals surface area contributed by atoms with Gasteiger partial charge in [-0.3, -0.25) is 14.4 Å². The molecule has 0 spiro atoms. The van der Waals surface area contributed by atoms with E-state index in [2.05, 4.69) is 48.2 Å². The molecule has 6 heteroatoms. The maximum Gasteiger partial charge on any atom is 0.239 e. The molecular formula is C22H32N4O2. The van der Waals surface area contributed by atoms with Crippen molar-refractivity contribution in [2.75, 3.05) is 18.5 Å². The van der Waals surface area contributed by atoms with Crippen LogP contribution < -0.4 is 5.32 Å². The van der Waals surface area contributed by atoms with Crippen LogP contribution in [0, 0.1) is 5.92 Å². The summed E-state index contributed by atoms with van der Waals surface area (Å²) in [5, 5.41) is 17.5. The number of anilines is 1. The fraction of sp³-hybridized carbons (Fsp3) is 0.545. The highest BCUT2D eigenvalue weighted by atomic mass is 16.3. The predicted octanol–water partition coefficient (Wildman–Crippen LogP) is 2.93. The van der Waals surface area contributed by atoms with Crippen LogP contribution in [-0.4, -0.2) is 44.9 Å². The Morgan fingerprint density at radius 3 is 2.54 bits per heavy atom. The lowest BCUT2D eigenvalue weighted by Crippen LogP contribution is -2.43. The lowest BCUT2D eigenvalue weighted by molar-refractivity contribution is -0.118. The van der Waals surface area contributed by atoms with Crippen molar-refractivity contribution in [1.29, 1.82) is 0 Å². The number of carbonyl (C=O) groups excluding carboxylic acids is 1. The molecular weight excluding hydrogens is 352 g/mol. The number of rotatable bonds is 8. The molecule has 0 aliphatic heterocycles. The third-order valence-electron chi connectivity index (χ3n) is 5.31. The van der Waals surface area contributed by atoms with Gasteiger partial charge in [0.05, 0.1) is 18.8 Å². The standard InChI is InChI=1S/C22H32N4O2/c1-22(2,3)19-12-20(25(4)24-19)23-21(28)14-26(18(15-27)17-10-11-17)13-16-8-6-5-7-9-16/h5-9,12,17-18,27H,10-11,13-15H2,1-4H3,(H,23,28)/t18-/m1/s1. The van der Waals surface area contributed by atoms with Crippen molar-refractivity contribution in [2.24, 2.45) is 13.0 Å². The fourth-order valence-electron chi connectivity index (χ4n) is 3.47. The molecule has 0 unspecified atom stereocenters. The molecule has 2 N–H and O–H groups in total. The molecule has 28 heavy (non-hydrogen) atoms. The topological polar surface area (TPSA) is 70.4 Å². The number of hydrogen-bond donors (Lipinski definition) is 2. The quantitative estimate of drug-likeness (QED) is 0.734. The fourth-order valence-corrected chi connectivity index (χ4v) is 3.47. The summed E-state index contributed by atoms with van der Waals surface area (Å²) in [7, 11) is 1.84. The number of carbonyl (C=O) groups is 1. The number of nitrogens with zero attached hydrogens (tertiary/aromatic N) is 3. The number of aryl methyl sites for hydroxylation is 1. The van der Waals surface area contributed by atoms with Gasteiger partial charge < -0.3 is 10.4 Å². The van der Waals surface area contributed by atoms with Crippen LogP contribution in [0.25, 0.3) is 0 Å². The van der Waals surface area contributed by atoms with Crippen molar-refractivity contribution in [3.8, 4) is 0 Å². The number of aliphatic hydroxyl groups excluding tert-OH is 1. The van der Waals surface area contributed by atoms with E-state index in [1.54, 1.807) is 4.68 Å². The summed E-state index contributed by atoms with van der Waals surface area (Å²) in [5.41, 5.74) is 2.01. The van der Waals surface area contributed by atoms with Gasteiger partial charge in [0, 0.05) is 31.1 Å². The summed E-state index contributed by atoms with van der Waals surface area (Å²) >= 11 is 0. The SMILES string of the molecule is Cn1nc(C(C)(C)C)cc1NC(=O)CN(Cc1ccccc1)[C@H](CO)C1CC1. The third-order valence-corrected chi connectivity index (χ3v) is 5.31. The van der Waals surface area contributed by atoms with Gasteiger partial charge in [0.15, 0.2) is 0 Å². The van der Waals surface area contributed by atoms with Gasteiger partial charge in [0.1, 0.15) is 5.82 Å². The molecule has 1 aromatic heterocycles. The van der Waals surface area contributed by atoms with E-state index in [9.17, 15) is 9.90 Å².